The fraction of sp³-hybridized carbons (Fsp3) is 0.938. The summed E-state index contributed by atoms with van der Waals surface area (Å²) in [5.41, 5.74) is 0.273. The number of carbonyl (C=O) groups is 1. The van der Waals surface area contributed by atoms with Crippen LogP contribution in [0.3, 0.4) is 0 Å². The van der Waals surface area contributed by atoms with E-state index in [4.69, 9.17) is 0 Å². The summed E-state index contributed by atoms with van der Waals surface area (Å²) in [6.45, 7) is 11.5. The minimum absolute atomic E-state index is 0.107. The summed E-state index contributed by atoms with van der Waals surface area (Å²) in [6, 6.07) is -0.107. The first-order valence-corrected chi connectivity index (χ1v) is 7.83. The maximum Gasteiger partial charge on any atom is 0.237 e. The summed E-state index contributed by atoms with van der Waals surface area (Å²) < 4.78 is 0. The molecule has 0 aromatic carbocycles. The SMILES string of the molecule is CCC(C)(C)NC(=O)C(C)NCC1(C)CCCCC1. The zero-order chi connectivity index (χ0) is 14.5. The number of hydrogen-bond acceptors (Lipinski definition) is 2. The molecule has 19 heavy (non-hydrogen) atoms. The third-order valence-corrected chi connectivity index (χ3v) is 4.63. The zero-order valence-corrected chi connectivity index (χ0v) is 13.4. The van der Waals surface area contributed by atoms with Crippen LogP contribution in [-0.4, -0.2) is 24.0 Å². The average molecular weight is 268 g/mol. The molecule has 1 atom stereocenters. The van der Waals surface area contributed by atoms with Crippen molar-refractivity contribution in [3.05, 3.63) is 0 Å². The molecule has 0 aromatic heterocycles. The highest BCUT2D eigenvalue weighted by Gasteiger charge is 2.28. The smallest absolute Gasteiger partial charge is 0.237 e. The van der Waals surface area contributed by atoms with Crippen LogP contribution in [0, 0.1) is 5.41 Å². The summed E-state index contributed by atoms with van der Waals surface area (Å²) in [4.78, 5) is 12.1. The second-order valence-corrected chi connectivity index (χ2v) is 7.20. The lowest BCUT2D eigenvalue weighted by molar-refractivity contribution is -0.124. The molecule has 0 saturated heterocycles. The first kappa shape index (κ1) is 16.5. The van der Waals surface area contributed by atoms with E-state index in [1.807, 2.05) is 6.92 Å². The van der Waals surface area contributed by atoms with Gasteiger partial charge >= 0.3 is 0 Å². The Morgan fingerprint density at radius 3 is 2.37 bits per heavy atom. The van der Waals surface area contributed by atoms with Crippen LogP contribution < -0.4 is 10.6 Å². The number of carbonyl (C=O) groups excluding carboxylic acids is 1. The monoisotopic (exact) mass is 268 g/mol. The summed E-state index contributed by atoms with van der Waals surface area (Å²) in [7, 11) is 0. The van der Waals surface area contributed by atoms with Crippen molar-refractivity contribution in [3.8, 4) is 0 Å². The van der Waals surface area contributed by atoms with Crippen molar-refractivity contribution in [1.82, 2.24) is 10.6 Å². The quantitative estimate of drug-likeness (QED) is 0.776. The number of amides is 1. The Labute approximate surface area is 118 Å². The fourth-order valence-corrected chi connectivity index (χ4v) is 2.60. The first-order chi connectivity index (χ1) is 8.78. The number of nitrogens with one attached hydrogen (secondary N) is 2. The van der Waals surface area contributed by atoms with Gasteiger partial charge in [-0.25, -0.2) is 0 Å². The lowest BCUT2D eigenvalue weighted by Crippen LogP contribution is -2.52. The van der Waals surface area contributed by atoms with Gasteiger partial charge < -0.3 is 10.6 Å². The van der Waals surface area contributed by atoms with Gasteiger partial charge in [0.1, 0.15) is 0 Å². The van der Waals surface area contributed by atoms with Crippen molar-refractivity contribution in [3.63, 3.8) is 0 Å². The maximum absolute atomic E-state index is 12.1. The van der Waals surface area contributed by atoms with E-state index in [1.54, 1.807) is 0 Å². The third-order valence-electron chi connectivity index (χ3n) is 4.63. The molecule has 0 heterocycles. The molecule has 0 bridgehead atoms. The predicted octanol–water partition coefficient (Wildman–Crippen LogP) is 3.24. The second-order valence-electron chi connectivity index (χ2n) is 7.20. The van der Waals surface area contributed by atoms with Crippen molar-refractivity contribution in [2.45, 2.75) is 84.7 Å². The topological polar surface area (TPSA) is 41.1 Å². The fourth-order valence-electron chi connectivity index (χ4n) is 2.60. The molecule has 0 radical (unpaired) electrons. The van der Waals surface area contributed by atoms with Crippen molar-refractivity contribution >= 4 is 5.91 Å². The van der Waals surface area contributed by atoms with Crippen LogP contribution in [0.15, 0.2) is 0 Å². The average Bonchev–Trinajstić information content (AvgIpc) is 2.36. The molecular weight excluding hydrogens is 236 g/mol. The molecule has 1 aliphatic rings. The molecule has 3 nitrogen and oxygen atoms in total. The van der Waals surface area contributed by atoms with Crippen LogP contribution in [0.25, 0.3) is 0 Å². The summed E-state index contributed by atoms with van der Waals surface area (Å²) in [6.07, 6.45) is 7.56. The largest absolute Gasteiger partial charge is 0.350 e. The Kier molecular flexibility index (Phi) is 5.84. The van der Waals surface area contributed by atoms with Crippen LogP contribution in [0.1, 0.15) is 73.1 Å². The highest BCUT2D eigenvalue weighted by atomic mass is 16.2. The predicted molar refractivity (Wildman–Crippen MR) is 81.2 cm³/mol. The molecule has 1 unspecified atom stereocenters. The second kappa shape index (κ2) is 6.74. The molecule has 112 valence electrons. The Bertz CT molecular complexity index is 293. The van der Waals surface area contributed by atoms with Gasteiger partial charge in [-0.1, -0.05) is 33.1 Å². The van der Waals surface area contributed by atoms with Gasteiger partial charge in [0.2, 0.25) is 5.91 Å². The van der Waals surface area contributed by atoms with Gasteiger partial charge in [0.05, 0.1) is 6.04 Å². The van der Waals surface area contributed by atoms with Crippen LogP contribution in [0.4, 0.5) is 0 Å². The van der Waals surface area contributed by atoms with Crippen molar-refractivity contribution in [2.75, 3.05) is 6.54 Å². The number of hydrogen-bond donors (Lipinski definition) is 2. The van der Waals surface area contributed by atoms with Gasteiger partial charge in [-0.05, 0) is 45.4 Å². The van der Waals surface area contributed by atoms with Crippen molar-refractivity contribution in [1.29, 1.82) is 0 Å². The molecule has 0 aliphatic heterocycles. The molecule has 2 N–H and O–H groups in total. The molecule has 1 rings (SSSR count). The highest BCUT2D eigenvalue weighted by Crippen LogP contribution is 2.34. The molecule has 1 amide bonds. The lowest BCUT2D eigenvalue weighted by atomic mass is 9.75. The third kappa shape index (κ3) is 5.52. The Morgan fingerprint density at radius 1 is 1.26 bits per heavy atom. The summed E-state index contributed by atoms with van der Waals surface area (Å²) in [5.74, 6) is 0.117. The van der Waals surface area contributed by atoms with E-state index in [2.05, 4.69) is 38.3 Å². The minimum atomic E-state index is -0.109. The van der Waals surface area contributed by atoms with E-state index < -0.39 is 0 Å². The van der Waals surface area contributed by atoms with Gasteiger partial charge in [0, 0.05) is 12.1 Å². The Hall–Kier alpha value is -0.570. The normalized spacial score (nSPS) is 20.9. The van der Waals surface area contributed by atoms with Crippen molar-refractivity contribution in [2.24, 2.45) is 5.41 Å². The van der Waals surface area contributed by atoms with Crippen LogP contribution in [-0.2, 0) is 4.79 Å². The summed E-state index contributed by atoms with van der Waals surface area (Å²) in [5, 5.41) is 6.53. The van der Waals surface area contributed by atoms with E-state index in [1.165, 1.54) is 32.1 Å². The molecular formula is C16H32N2O. The van der Waals surface area contributed by atoms with Gasteiger partial charge in [-0.2, -0.15) is 0 Å². The summed E-state index contributed by atoms with van der Waals surface area (Å²) >= 11 is 0. The molecule has 1 saturated carbocycles. The van der Waals surface area contributed by atoms with Crippen LogP contribution >= 0.6 is 0 Å². The van der Waals surface area contributed by atoms with Gasteiger partial charge in [0.15, 0.2) is 0 Å². The first-order valence-electron chi connectivity index (χ1n) is 7.83. The Balaban J connectivity index is 2.37. The lowest BCUT2D eigenvalue weighted by Gasteiger charge is -2.35. The van der Waals surface area contributed by atoms with Crippen LogP contribution in [0.2, 0.25) is 0 Å². The van der Waals surface area contributed by atoms with Gasteiger partial charge in [0.25, 0.3) is 0 Å². The van der Waals surface area contributed by atoms with E-state index >= 15 is 0 Å². The van der Waals surface area contributed by atoms with E-state index in [9.17, 15) is 4.79 Å². The maximum atomic E-state index is 12.1. The molecule has 3 heteroatoms. The zero-order valence-electron chi connectivity index (χ0n) is 13.4. The van der Waals surface area contributed by atoms with Crippen LogP contribution in [0.5, 0.6) is 0 Å². The van der Waals surface area contributed by atoms with Gasteiger partial charge in [-0.3, -0.25) is 4.79 Å². The molecule has 1 fully saturated rings. The van der Waals surface area contributed by atoms with E-state index in [-0.39, 0.29) is 17.5 Å². The molecule has 1 aliphatic carbocycles. The standard InChI is InChI=1S/C16H32N2O/c1-6-15(3,4)18-14(19)13(2)17-12-16(5)10-8-7-9-11-16/h13,17H,6-12H2,1-5H3,(H,18,19). The van der Waals surface area contributed by atoms with Gasteiger partial charge in [-0.15, -0.1) is 0 Å². The van der Waals surface area contributed by atoms with Crippen molar-refractivity contribution < 1.29 is 4.79 Å². The molecule has 0 aromatic rings. The van der Waals surface area contributed by atoms with E-state index in [0.29, 0.717) is 5.41 Å². The number of rotatable bonds is 6. The van der Waals surface area contributed by atoms with E-state index in [0.717, 1.165) is 13.0 Å². The molecule has 0 spiro atoms. The highest BCUT2D eigenvalue weighted by molar-refractivity contribution is 5.81. The Morgan fingerprint density at radius 2 is 1.84 bits per heavy atom. The minimum Gasteiger partial charge on any atom is -0.350 e.